The van der Waals surface area contributed by atoms with Crippen LogP contribution in [0.2, 0.25) is 0 Å². The Morgan fingerprint density at radius 3 is 2.48 bits per heavy atom. The fraction of sp³-hybridized carbons (Fsp3) is 0.429. The number of anilines is 2. The van der Waals surface area contributed by atoms with Gasteiger partial charge in [0, 0.05) is 58.2 Å². The average molecular weight is 367 g/mol. The average Bonchev–Trinajstić information content (AvgIpc) is 2.74. The monoisotopic (exact) mass is 366 g/mol. The van der Waals surface area contributed by atoms with Gasteiger partial charge in [0.25, 0.3) is 0 Å². The number of benzene rings is 1. The van der Waals surface area contributed by atoms with Gasteiger partial charge in [0.2, 0.25) is 0 Å². The molecule has 0 atom stereocenters. The first-order chi connectivity index (χ1) is 13.3. The van der Waals surface area contributed by atoms with E-state index in [2.05, 4.69) is 69.3 Å². The van der Waals surface area contributed by atoms with Gasteiger partial charge in [0.1, 0.15) is 5.82 Å². The number of nitrogens with one attached hydrogen (secondary N) is 1. The summed E-state index contributed by atoms with van der Waals surface area (Å²) in [4.78, 5) is 16.2. The summed E-state index contributed by atoms with van der Waals surface area (Å²) in [6.45, 7) is 8.51. The van der Waals surface area contributed by atoms with Crippen LogP contribution in [0.4, 0.5) is 11.5 Å². The van der Waals surface area contributed by atoms with Crippen molar-refractivity contribution in [3.8, 4) is 0 Å². The standard InChI is InChI=1S/C21H30N6/c1-3-22-21(24-13-14-25(2)19-9-5-4-6-10-19)27-17-15-26(16-18-27)20-11-7-8-12-23-20/h4-12H,3,13-18H2,1-2H3,(H,22,24). The number of piperazine rings is 1. The first-order valence-electron chi connectivity index (χ1n) is 9.73. The van der Waals surface area contributed by atoms with Gasteiger partial charge in [-0.05, 0) is 31.2 Å². The molecule has 0 saturated carbocycles. The molecule has 1 aliphatic rings. The van der Waals surface area contributed by atoms with Gasteiger partial charge in [-0.2, -0.15) is 0 Å². The van der Waals surface area contributed by atoms with E-state index in [9.17, 15) is 0 Å². The first kappa shape index (κ1) is 19.0. The summed E-state index contributed by atoms with van der Waals surface area (Å²) >= 11 is 0. The van der Waals surface area contributed by atoms with Gasteiger partial charge >= 0.3 is 0 Å². The van der Waals surface area contributed by atoms with Gasteiger partial charge in [-0.3, -0.25) is 4.99 Å². The van der Waals surface area contributed by atoms with Crippen molar-refractivity contribution in [1.82, 2.24) is 15.2 Å². The van der Waals surface area contributed by atoms with Gasteiger partial charge in [-0.1, -0.05) is 24.3 Å². The van der Waals surface area contributed by atoms with Crippen LogP contribution in [0.15, 0.2) is 59.7 Å². The third-order valence-electron chi connectivity index (χ3n) is 4.78. The fourth-order valence-electron chi connectivity index (χ4n) is 3.23. The van der Waals surface area contributed by atoms with Gasteiger partial charge in [0.15, 0.2) is 5.96 Å². The molecule has 1 saturated heterocycles. The Balaban J connectivity index is 1.53. The third-order valence-corrected chi connectivity index (χ3v) is 4.78. The zero-order chi connectivity index (χ0) is 18.9. The quantitative estimate of drug-likeness (QED) is 0.628. The van der Waals surface area contributed by atoms with Gasteiger partial charge < -0.3 is 20.0 Å². The zero-order valence-electron chi connectivity index (χ0n) is 16.4. The topological polar surface area (TPSA) is 47.0 Å². The lowest BCUT2D eigenvalue weighted by atomic mass is 10.3. The highest BCUT2D eigenvalue weighted by molar-refractivity contribution is 5.80. The largest absolute Gasteiger partial charge is 0.373 e. The number of hydrogen-bond donors (Lipinski definition) is 1. The molecule has 27 heavy (non-hydrogen) atoms. The van der Waals surface area contributed by atoms with Crippen LogP contribution in [-0.4, -0.2) is 68.7 Å². The maximum atomic E-state index is 4.86. The van der Waals surface area contributed by atoms with Gasteiger partial charge in [-0.15, -0.1) is 0 Å². The smallest absolute Gasteiger partial charge is 0.194 e. The second kappa shape index (κ2) is 9.80. The number of likely N-dealkylation sites (N-methyl/N-ethyl adjacent to an activating group) is 1. The highest BCUT2D eigenvalue weighted by Crippen LogP contribution is 2.13. The molecule has 6 heteroatoms. The summed E-state index contributed by atoms with van der Waals surface area (Å²) in [7, 11) is 2.11. The number of hydrogen-bond acceptors (Lipinski definition) is 4. The van der Waals surface area contributed by atoms with E-state index >= 15 is 0 Å². The Morgan fingerprint density at radius 2 is 1.81 bits per heavy atom. The normalized spacial score (nSPS) is 15.0. The molecule has 6 nitrogen and oxygen atoms in total. The van der Waals surface area contributed by atoms with E-state index in [0.717, 1.165) is 57.6 Å². The molecule has 0 radical (unpaired) electrons. The molecule has 0 aliphatic carbocycles. The molecule has 1 fully saturated rings. The van der Waals surface area contributed by atoms with Crippen LogP contribution in [0.3, 0.4) is 0 Å². The summed E-state index contributed by atoms with van der Waals surface area (Å²) in [6, 6.07) is 16.5. The molecule has 144 valence electrons. The Labute approximate surface area is 162 Å². The molecule has 0 spiro atoms. The zero-order valence-corrected chi connectivity index (χ0v) is 16.4. The Bertz CT molecular complexity index is 695. The van der Waals surface area contributed by atoms with Crippen molar-refractivity contribution in [2.45, 2.75) is 6.92 Å². The van der Waals surface area contributed by atoms with Crippen molar-refractivity contribution >= 4 is 17.5 Å². The number of pyridine rings is 1. The molecular formula is C21H30N6. The van der Waals surface area contributed by atoms with E-state index in [-0.39, 0.29) is 0 Å². The van der Waals surface area contributed by atoms with Gasteiger partial charge in [0.05, 0.1) is 6.54 Å². The van der Waals surface area contributed by atoms with Crippen molar-refractivity contribution in [3.63, 3.8) is 0 Å². The highest BCUT2D eigenvalue weighted by atomic mass is 15.4. The summed E-state index contributed by atoms with van der Waals surface area (Å²) in [5, 5.41) is 3.44. The van der Waals surface area contributed by atoms with Crippen molar-refractivity contribution in [3.05, 3.63) is 54.7 Å². The molecule has 2 aromatic rings. The predicted molar refractivity (Wildman–Crippen MR) is 114 cm³/mol. The lowest BCUT2D eigenvalue weighted by molar-refractivity contribution is 0.371. The van der Waals surface area contributed by atoms with E-state index < -0.39 is 0 Å². The van der Waals surface area contributed by atoms with Crippen molar-refractivity contribution in [2.75, 3.05) is 62.7 Å². The molecular weight excluding hydrogens is 336 g/mol. The SMILES string of the molecule is CCNC(=NCCN(C)c1ccccc1)N1CCN(c2ccccn2)CC1. The van der Waals surface area contributed by atoms with Crippen LogP contribution in [0.5, 0.6) is 0 Å². The Hall–Kier alpha value is -2.76. The molecule has 1 aromatic carbocycles. The van der Waals surface area contributed by atoms with E-state index in [1.807, 2.05) is 24.4 Å². The molecule has 2 heterocycles. The van der Waals surface area contributed by atoms with E-state index in [1.54, 1.807) is 0 Å². The van der Waals surface area contributed by atoms with Crippen molar-refractivity contribution in [1.29, 1.82) is 0 Å². The molecule has 0 unspecified atom stereocenters. The number of guanidine groups is 1. The van der Waals surface area contributed by atoms with Crippen molar-refractivity contribution in [2.24, 2.45) is 4.99 Å². The second-order valence-electron chi connectivity index (χ2n) is 6.65. The molecule has 0 bridgehead atoms. The van der Waals surface area contributed by atoms with E-state index in [1.165, 1.54) is 5.69 Å². The summed E-state index contributed by atoms with van der Waals surface area (Å²) in [5.41, 5.74) is 1.22. The van der Waals surface area contributed by atoms with E-state index in [4.69, 9.17) is 4.99 Å². The Kier molecular flexibility index (Phi) is 6.90. The lowest BCUT2D eigenvalue weighted by Crippen LogP contribution is -2.52. The molecule has 3 rings (SSSR count). The van der Waals surface area contributed by atoms with Crippen LogP contribution in [0.25, 0.3) is 0 Å². The third kappa shape index (κ3) is 5.36. The second-order valence-corrected chi connectivity index (χ2v) is 6.65. The maximum absolute atomic E-state index is 4.86. The molecule has 1 aliphatic heterocycles. The summed E-state index contributed by atoms with van der Waals surface area (Å²) in [6.07, 6.45) is 1.86. The highest BCUT2D eigenvalue weighted by Gasteiger charge is 2.20. The van der Waals surface area contributed by atoms with Crippen LogP contribution >= 0.6 is 0 Å². The molecule has 1 N–H and O–H groups in total. The number of para-hydroxylation sites is 1. The van der Waals surface area contributed by atoms with Crippen LogP contribution in [-0.2, 0) is 0 Å². The minimum atomic E-state index is 0.772. The number of aliphatic imine (C=N–C) groups is 1. The summed E-state index contributed by atoms with van der Waals surface area (Å²) in [5.74, 6) is 2.07. The molecule has 1 aromatic heterocycles. The Morgan fingerprint density at radius 1 is 1.07 bits per heavy atom. The minimum Gasteiger partial charge on any atom is -0.373 e. The number of aromatic nitrogens is 1. The van der Waals surface area contributed by atoms with Crippen LogP contribution < -0.4 is 15.1 Å². The van der Waals surface area contributed by atoms with E-state index in [0.29, 0.717) is 0 Å². The fourth-order valence-corrected chi connectivity index (χ4v) is 3.23. The summed E-state index contributed by atoms with van der Waals surface area (Å²) < 4.78 is 0. The van der Waals surface area contributed by atoms with Crippen LogP contribution in [0.1, 0.15) is 6.92 Å². The maximum Gasteiger partial charge on any atom is 0.194 e. The van der Waals surface area contributed by atoms with Gasteiger partial charge in [-0.25, -0.2) is 4.98 Å². The molecule has 0 amide bonds. The number of rotatable bonds is 6. The predicted octanol–water partition coefficient (Wildman–Crippen LogP) is 2.31. The lowest BCUT2D eigenvalue weighted by Gasteiger charge is -2.37. The minimum absolute atomic E-state index is 0.772. The van der Waals surface area contributed by atoms with Crippen LogP contribution in [0, 0.1) is 0 Å². The first-order valence-corrected chi connectivity index (χ1v) is 9.73. The number of nitrogens with zero attached hydrogens (tertiary/aromatic N) is 5. The van der Waals surface area contributed by atoms with Crippen molar-refractivity contribution < 1.29 is 0 Å².